The molecule has 3 rings (SSSR count). The van der Waals surface area contributed by atoms with Gasteiger partial charge in [0.2, 0.25) is 5.91 Å². The fourth-order valence-corrected chi connectivity index (χ4v) is 3.95. The number of hydrogen-bond acceptors (Lipinski definition) is 6. The number of nitrogens with one attached hydrogen (secondary N) is 1. The average Bonchev–Trinajstić information content (AvgIpc) is 3.24. The Morgan fingerprint density at radius 2 is 1.89 bits per heavy atom. The Hall–Kier alpha value is -2.86. The second-order valence-electron chi connectivity index (χ2n) is 6.28. The number of nitriles is 1. The molecule has 1 N–H and O–H groups in total. The smallest absolute Gasteiger partial charge is 0.324 e. The zero-order valence-electron chi connectivity index (χ0n) is 14.5. The molecule has 9 heteroatoms. The number of carbonyl (C=O) groups is 4. The fraction of sp³-hybridized carbons (Fsp3) is 0.389. The lowest BCUT2D eigenvalue weighted by Gasteiger charge is -2.21. The number of para-hydroxylation sites is 1. The summed E-state index contributed by atoms with van der Waals surface area (Å²) in [5, 5.41) is 11.4. The highest BCUT2D eigenvalue weighted by Gasteiger charge is 2.48. The Balaban J connectivity index is 1.68. The molecule has 0 bridgehead atoms. The molecule has 1 saturated carbocycles. The molecule has 27 heavy (non-hydrogen) atoms. The molecule has 1 aliphatic heterocycles. The monoisotopic (exact) mass is 386 g/mol. The molecule has 1 aromatic rings. The number of thioether (sulfide) groups is 1. The summed E-state index contributed by atoms with van der Waals surface area (Å²) >= 11 is 1.26. The van der Waals surface area contributed by atoms with Crippen molar-refractivity contribution in [3.8, 4) is 6.07 Å². The Morgan fingerprint density at radius 3 is 2.59 bits per heavy atom. The molecule has 140 valence electrons. The molecule has 1 heterocycles. The number of imide groups is 2. The topological polar surface area (TPSA) is 111 Å². The number of carbonyl (C=O) groups excluding carboxylic acids is 4. The van der Waals surface area contributed by atoms with Crippen molar-refractivity contribution in [3.63, 3.8) is 0 Å². The van der Waals surface area contributed by atoms with Crippen molar-refractivity contribution < 1.29 is 19.2 Å². The van der Waals surface area contributed by atoms with Gasteiger partial charge in [0.25, 0.3) is 0 Å². The third kappa shape index (κ3) is 3.95. The van der Waals surface area contributed by atoms with E-state index in [1.165, 1.54) is 11.8 Å². The first kappa shape index (κ1) is 18.9. The van der Waals surface area contributed by atoms with Crippen LogP contribution in [0, 0.1) is 11.3 Å². The van der Waals surface area contributed by atoms with Crippen molar-refractivity contribution in [1.29, 1.82) is 5.26 Å². The zero-order valence-corrected chi connectivity index (χ0v) is 15.3. The number of nitrogens with zero attached hydrogens (tertiary/aromatic N) is 3. The summed E-state index contributed by atoms with van der Waals surface area (Å²) in [7, 11) is 0. The lowest BCUT2D eigenvalue weighted by atomic mass is 10.2. The van der Waals surface area contributed by atoms with Gasteiger partial charge in [-0.1, -0.05) is 25.0 Å². The van der Waals surface area contributed by atoms with Gasteiger partial charge in [-0.05, 0) is 25.0 Å². The van der Waals surface area contributed by atoms with Crippen molar-refractivity contribution in [2.24, 2.45) is 0 Å². The van der Waals surface area contributed by atoms with E-state index in [0.29, 0.717) is 28.3 Å². The molecule has 5 amide bonds. The average molecular weight is 386 g/mol. The largest absolute Gasteiger partial charge is 0.334 e. The molecule has 0 radical (unpaired) electrons. The van der Waals surface area contributed by atoms with E-state index in [-0.39, 0.29) is 11.8 Å². The Labute approximate surface area is 160 Å². The first-order valence-corrected chi connectivity index (χ1v) is 9.59. The van der Waals surface area contributed by atoms with Gasteiger partial charge in [0.15, 0.2) is 0 Å². The SMILES string of the molecule is N#CCSc1ccccc1NC(=O)CN1C(=O)C(=O)N(C2CCCC2)C1=O. The summed E-state index contributed by atoms with van der Waals surface area (Å²) in [6.07, 6.45) is 3.20. The van der Waals surface area contributed by atoms with Crippen molar-refractivity contribution in [2.75, 3.05) is 17.6 Å². The van der Waals surface area contributed by atoms with Crippen LogP contribution in [0.15, 0.2) is 29.2 Å². The van der Waals surface area contributed by atoms with E-state index in [1.807, 2.05) is 6.07 Å². The van der Waals surface area contributed by atoms with Crippen LogP contribution in [0.3, 0.4) is 0 Å². The minimum Gasteiger partial charge on any atom is -0.324 e. The summed E-state index contributed by atoms with van der Waals surface area (Å²) in [6, 6.07) is 7.96. The van der Waals surface area contributed by atoms with Crippen molar-refractivity contribution >= 4 is 41.2 Å². The van der Waals surface area contributed by atoms with Gasteiger partial charge in [0, 0.05) is 10.9 Å². The minimum atomic E-state index is -0.964. The van der Waals surface area contributed by atoms with Crippen LogP contribution in [0.1, 0.15) is 25.7 Å². The van der Waals surface area contributed by atoms with E-state index in [0.717, 1.165) is 17.7 Å². The van der Waals surface area contributed by atoms with Crippen LogP contribution < -0.4 is 5.32 Å². The standard InChI is InChI=1S/C18H18N4O4S/c19-9-10-27-14-8-4-3-7-13(14)20-15(23)11-21-16(24)17(25)22(18(21)26)12-5-1-2-6-12/h3-4,7-8,12H,1-2,5-6,10-11H2,(H,20,23). The van der Waals surface area contributed by atoms with Gasteiger partial charge in [-0.25, -0.2) is 9.69 Å². The fourth-order valence-electron chi connectivity index (χ4n) is 3.29. The molecule has 2 fully saturated rings. The number of anilines is 1. The second kappa shape index (κ2) is 8.22. The number of rotatable bonds is 6. The molecule has 0 atom stereocenters. The van der Waals surface area contributed by atoms with Gasteiger partial charge < -0.3 is 5.32 Å². The van der Waals surface area contributed by atoms with Crippen LogP contribution >= 0.6 is 11.8 Å². The predicted octanol–water partition coefficient (Wildman–Crippen LogP) is 1.97. The van der Waals surface area contributed by atoms with E-state index in [2.05, 4.69) is 5.32 Å². The summed E-state index contributed by atoms with van der Waals surface area (Å²) in [5.74, 6) is -2.18. The van der Waals surface area contributed by atoms with Crippen LogP contribution in [0.4, 0.5) is 10.5 Å². The van der Waals surface area contributed by atoms with Gasteiger partial charge >= 0.3 is 17.8 Å². The highest BCUT2D eigenvalue weighted by molar-refractivity contribution is 7.99. The number of benzene rings is 1. The molecule has 0 spiro atoms. The lowest BCUT2D eigenvalue weighted by Crippen LogP contribution is -2.41. The van der Waals surface area contributed by atoms with Gasteiger partial charge in [-0.15, -0.1) is 11.8 Å². The Morgan fingerprint density at radius 1 is 1.19 bits per heavy atom. The quantitative estimate of drug-likeness (QED) is 0.455. The number of urea groups is 1. The molecule has 0 unspecified atom stereocenters. The molecular weight excluding hydrogens is 368 g/mol. The molecule has 8 nitrogen and oxygen atoms in total. The van der Waals surface area contributed by atoms with Gasteiger partial charge in [-0.3, -0.25) is 19.3 Å². The zero-order chi connectivity index (χ0) is 19.4. The maximum atomic E-state index is 12.5. The molecule has 2 aliphatic rings. The van der Waals surface area contributed by atoms with Crippen molar-refractivity contribution in [3.05, 3.63) is 24.3 Å². The predicted molar refractivity (Wildman–Crippen MR) is 97.6 cm³/mol. The normalized spacial score (nSPS) is 17.5. The molecular formula is C18H18N4O4S. The first-order chi connectivity index (χ1) is 13.0. The summed E-state index contributed by atoms with van der Waals surface area (Å²) in [6.45, 7) is -0.524. The van der Waals surface area contributed by atoms with Crippen LogP contribution in [-0.4, -0.2) is 51.9 Å². The van der Waals surface area contributed by atoms with Gasteiger partial charge in [0.1, 0.15) is 6.54 Å². The molecule has 1 saturated heterocycles. The first-order valence-electron chi connectivity index (χ1n) is 8.60. The molecule has 1 aliphatic carbocycles. The Kier molecular flexibility index (Phi) is 5.76. The second-order valence-corrected chi connectivity index (χ2v) is 7.30. The highest BCUT2D eigenvalue weighted by atomic mass is 32.2. The van der Waals surface area contributed by atoms with Gasteiger partial charge in [0.05, 0.1) is 17.5 Å². The summed E-state index contributed by atoms with van der Waals surface area (Å²) in [5.41, 5.74) is 0.487. The third-order valence-electron chi connectivity index (χ3n) is 4.53. The minimum absolute atomic E-state index is 0.223. The number of hydrogen-bond donors (Lipinski definition) is 1. The van der Waals surface area contributed by atoms with Crippen molar-refractivity contribution in [2.45, 2.75) is 36.6 Å². The van der Waals surface area contributed by atoms with Crippen LogP contribution in [0.5, 0.6) is 0 Å². The van der Waals surface area contributed by atoms with Crippen LogP contribution in [0.25, 0.3) is 0 Å². The van der Waals surface area contributed by atoms with E-state index >= 15 is 0 Å². The summed E-state index contributed by atoms with van der Waals surface area (Å²) < 4.78 is 0. The van der Waals surface area contributed by atoms with Gasteiger partial charge in [-0.2, -0.15) is 5.26 Å². The molecule has 1 aromatic carbocycles. The molecule has 0 aromatic heterocycles. The van der Waals surface area contributed by atoms with Crippen LogP contribution in [0.2, 0.25) is 0 Å². The van der Waals surface area contributed by atoms with E-state index < -0.39 is 30.3 Å². The van der Waals surface area contributed by atoms with Crippen LogP contribution in [-0.2, 0) is 14.4 Å². The third-order valence-corrected chi connectivity index (χ3v) is 5.47. The number of amides is 5. The maximum absolute atomic E-state index is 12.5. The summed E-state index contributed by atoms with van der Waals surface area (Å²) in [4.78, 5) is 51.6. The van der Waals surface area contributed by atoms with E-state index in [1.54, 1.807) is 24.3 Å². The Bertz CT molecular complexity index is 829. The van der Waals surface area contributed by atoms with Crippen molar-refractivity contribution in [1.82, 2.24) is 9.80 Å². The maximum Gasteiger partial charge on any atom is 0.334 e. The van der Waals surface area contributed by atoms with E-state index in [9.17, 15) is 19.2 Å². The highest BCUT2D eigenvalue weighted by Crippen LogP contribution is 2.28. The lowest BCUT2D eigenvalue weighted by molar-refractivity contribution is -0.144. The van der Waals surface area contributed by atoms with E-state index in [4.69, 9.17) is 5.26 Å².